The van der Waals surface area contributed by atoms with Crippen LogP contribution in [0.3, 0.4) is 0 Å². The van der Waals surface area contributed by atoms with Crippen molar-refractivity contribution in [2.75, 3.05) is 0 Å². The van der Waals surface area contributed by atoms with E-state index in [-0.39, 0.29) is 6.10 Å². The Morgan fingerprint density at radius 1 is 0.963 bits per heavy atom. The van der Waals surface area contributed by atoms with Gasteiger partial charge in [0.05, 0.1) is 22.8 Å². The fourth-order valence-electron chi connectivity index (χ4n) is 4.00. The number of hydrogen-bond acceptors (Lipinski definition) is 2. The molecule has 0 unspecified atom stereocenters. The van der Waals surface area contributed by atoms with Crippen LogP contribution in [0.25, 0.3) is 21.8 Å². The molecule has 0 aliphatic rings. The molecule has 3 nitrogen and oxygen atoms in total. The monoisotopic (exact) mass is 366 g/mol. The van der Waals surface area contributed by atoms with Crippen LogP contribution in [-0.4, -0.2) is 15.7 Å². The summed E-state index contributed by atoms with van der Waals surface area (Å²) in [7, 11) is 0. The predicted molar refractivity (Wildman–Crippen MR) is 116 cm³/mol. The first-order valence-electron chi connectivity index (χ1n) is 10.7. The number of unbranched alkanes of at least 4 members (excludes halogenated alkanes) is 6. The molecule has 0 N–H and O–H groups in total. The van der Waals surface area contributed by atoms with Crippen LogP contribution in [0.5, 0.6) is 5.75 Å². The van der Waals surface area contributed by atoms with Gasteiger partial charge in [-0.05, 0) is 45.4 Å². The van der Waals surface area contributed by atoms with E-state index in [0.29, 0.717) is 0 Å². The van der Waals surface area contributed by atoms with Crippen LogP contribution in [0.15, 0.2) is 30.5 Å². The zero-order valence-corrected chi connectivity index (χ0v) is 17.4. The van der Waals surface area contributed by atoms with Gasteiger partial charge >= 0.3 is 0 Å². The molecule has 0 aliphatic carbocycles. The summed E-state index contributed by atoms with van der Waals surface area (Å²) in [5.41, 5.74) is 3.66. The van der Waals surface area contributed by atoms with E-state index in [0.717, 1.165) is 18.0 Å². The first-order valence-corrected chi connectivity index (χ1v) is 10.7. The molecule has 0 saturated heterocycles. The van der Waals surface area contributed by atoms with Gasteiger partial charge in [0, 0.05) is 29.6 Å². The van der Waals surface area contributed by atoms with Crippen molar-refractivity contribution in [2.24, 2.45) is 0 Å². The molecule has 0 spiro atoms. The maximum absolute atomic E-state index is 5.96. The molecular formula is C24H34N2O. The van der Waals surface area contributed by atoms with Gasteiger partial charge in [-0.15, -0.1) is 0 Å². The Hall–Kier alpha value is -2.03. The lowest BCUT2D eigenvalue weighted by atomic mass is 10.1. The first kappa shape index (κ1) is 19.7. The topological polar surface area (TPSA) is 27.1 Å². The summed E-state index contributed by atoms with van der Waals surface area (Å²) in [4.78, 5) is 4.56. The Morgan fingerprint density at radius 2 is 1.70 bits per heavy atom. The summed E-state index contributed by atoms with van der Waals surface area (Å²) in [5, 5.41) is 2.60. The maximum Gasteiger partial charge on any atom is 0.121 e. The van der Waals surface area contributed by atoms with Crippen molar-refractivity contribution in [3.05, 3.63) is 36.2 Å². The summed E-state index contributed by atoms with van der Waals surface area (Å²) in [5.74, 6) is 0.951. The minimum absolute atomic E-state index is 0.187. The maximum atomic E-state index is 5.96. The van der Waals surface area contributed by atoms with Gasteiger partial charge in [-0.25, -0.2) is 0 Å². The van der Waals surface area contributed by atoms with Crippen molar-refractivity contribution in [3.63, 3.8) is 0 Å². The van der Waals surface area contributed by atoms with Gasteiger partial charge in [0.2, 0.25) is 0 Å². The number of rotatable bonds is 10. The Balaban J connectivity index is 1.85. The highest BCUT2D eigenvalue weighted by Crippen LogP contribution is 2.33. The van der Waals surface area contributed by atoms with E-state index in [4.69, 9.17) is 4.74 Å². The van der Waals surface area contributed by atoms with Crippen LogP contribution >= 0.6 is 0 Å². The van der Waals surface area contributed by atoms with Gasteiger partial charge in [0.15, 0.2) is 0 Å². The minimum atomic E-state index is 0.187. The number of nitrogens with zero attached hydrogens (tertiary/aromatic N) is 2. The number of hydrogen-bond donors (Lipinski definition) is 0. The molecule has 0 fully saturated rings. The highest BCUT2D eigenvalue weighted by atomic mass is 16.5. The predicted octanol–water partition coefficient (Wildman–Crippen LogP) is 7.04. The summed E-state index contributed by atoms with van der Waals surface area (Å²) >= 11 is 0. The Kier molecular flexibility index (Phi) is 6.76. The van der Waals surface area contributed by atoms with Gasteiger partial charge in [-0.3, -0.25) is 4.98 Å². The fraction of sp³-hybridized carbons (Fsp3) is 0.542. The first-order chi connectivity index (χ1) is 13.1. The van der Waals surface area contributed by atoms with Crippen LogP contribution in [-0.2, 0) is 6.54 Å². The second-order valence-electron chi connectivity index (χ2n) is 7.91. The third-order valence-electron chi connectivity index (χ3n) is 5.28. The SMILES string of the molecule is CCCCCCCCCn1c2cc(OC(C)C)ccc2c2ccnc(C)c21. The lowest BCUT2D eigenvalue weighted by molar-refractivity contribution is 0.242. The molecule has 0 radical (unpaired) electrons. The van der Waals surface area contributed by atoms with Crippen molar-refractivity contribution < 1.29 is 4.74 Å². The molecule has 2 aromatic heterocycles. The van der Waals surface area contributed by atoms with Crippen molar-refractivity contribution in [2.45, 2.75) is 85.3 Å². The molecular weight excluding hydrogens is 332 g/mol. The number of benzene rings is 1. The smallest absolute Gasteiger partial charge is 0.121 e. The normalized spacial score (nSPS) is 11.7. The summed E-state index contributed by atoms with van der Waals surface area (Å²) in [6.07, 6.45) is 11.4. The Labute approximate surface area is 163 Å². The molecule has 0 bridgehead atoms. The molecule has 3 heteroatoms. The van der Waals surface area contributed by atoms with E-state index in [2.05, 4.69) is 61.5 Å². The second kappa shape index (κ2) is 9.25. The van der Waals surface area contributed by atoms with Gasteiger partial charge < -0.3 is 9.30 Å². The van der Waals surface area contributed by atoms with E-state index < -0.39 is 0 Å². The summed E-state index contributed by atoms with van der Waals surface area (Å²) < 4.78 is 8.42. The number of ether oxygens (including phenoxy) is 1. The quantitative estimate of drug-likeness (QED) is 0.360. The third-order valence-corrected chi connectivity index (χ3v) is 5.28. The molecule has 3 aromatic rings. The van der Waals surface area contributed by atoms with Gasteiger partial charge in [0.1, 0.15) is 5.75 Å². The van der Waals surface area contributed by atoms with E-state index in [1.54, 1.807) is 0 Å². The molecule has 2 heterocycles. The van der Waals surface area contributed by atoms with Crippen molar-refractivity contribution in [1.82, 2.24) is 9.55 Å². The van der Waals surface area contributed by atoms with Gasteiger partial charge in [-0.1, -0.05) is 45.4 Å². The zero-order valence-electron chi connectivity index (χ0n) is 17.4. The summed E-state index contributed by atoms with van der Waals surface area (Å²) in [6.45, 7) is 9.59. The molecule has 27 heavy (non-hydrogen) atoms. The lowest BCUT2D eigenvalue weighted by Crippen LogP contribution is -2.05. The largest absolute Gasteiger partial charge is 0.491 e. The van der Waals surface area contributed by atoms with Crippen LogP contribution in [0.2, 0.25) is 0 Å². The van der Waals surface area contributed by atoms with Crippen LogP contribution in [0, 0.1) is 6.92 Å². The van der Waals surface area contributed by atoms with E-state index in [1.165, 1.54) is 66.8 Å². The van der Waals surface area contributed by atoms with Crippen molar-refractivity contribution in [1.29, 1.82) is 0 Å². The average Bonchev–Trinajstić information content (AvgIpc) is 2.95. The molecule has 146 valence electrons. The number of aromatic nitrogens is 2. The number of aryl methyl sites for hydroxylation is 2. The van der Waals surface area contributed by atoms with Crippen LogP contribution in [0.1, 0.15) is 71.4 Å². The third kappa shape index (κ3) is 4.63. The molecule has 0 aliphatic heterocycles. The molecule has 0 atom stereocenters. The Morgan fingerprint density at radius 3 is 2.44 bits per heavy atom. The molecule has 3 rings (SSSR count). The average molecular weight is 367 g/mol. The van der Waals surface area contributed by atoms with E-state index >= 15 is 0 Å². The van der Waals surface area contributed by atoms with Gasteiger partial charge in [0.25, 0.3) is 0 Å². The van der Waals surface area contributed by atoms with Crippen LogP contribution in [0.4, 0.5) is 0 Å². The van der Waals surface area contributed by atoms with Gasteiger partial charge in [-0.2, -0.15) is 0 Å². The fourth-order valence-corrected chi connectivity index (χ4v) is 4.00. The van der Waals surface area contributed by atoms with Crippen molar-refractivity contribution >= 4 is 21.8 Å². The van der Waals surface area contributed by atoms with Crippen molar-refractivity contribution in [3.8, 4) is 5.75 Å². The lowest BCUT2D eigenvalue weighted by Gasteiger charge is -2.12. The zero-order chi connectivity index (χ0) is 19.2. The Bertz CT molecular complexity index is 879. The number of pyridine rings is 1. The highest BCUT2D eigenvalue weighted by Gasteiger charge is 2.14. The standard InChI is InChI=1S/C24H34N2O/c1-5-6-7-8-9-10-11-16-26-23-17-20(27-18(2)3)12-13-21(23)22-14-15-25-19(4)24(22)26/h12-15,17-18H,5-11,16H2,1-4H3. The van der Waals surface area contributed by atoms with Crippen LogP contribution < -0.4 is 4.74 Å². The number of fused-ring (bicyclic) bond motifs is 3. The van der Waals surface area contributed by atoms with E-state index in [9.17, 15) is 0 Å². The molecule has 0 amide bonds. The van der Waals surface area contributed by atoms with E-state index in [1.807, 2.05) is 6.20 Å². The summed E-state index contributed by atoms with van der Waals surface area (Å²) in [6, 6.07) is 8.65. The second-order valence-corrected chi connectivity index (χ2v) is 7.91. The highest BCUT2D eigenvalue weighted by molar-refractivity contribution is 6.09. The molecule has 1 aromatic carbocycles. The molecule has 0 saturated carbocycles. The minimum Gasteiger partial charge on any atom is -0.491 e.